The van der Waals surface area contributed by atoms with Gasteiger partial charge in [-0.15, -0.1) is 0 Å². The van der Waals surface area contributed by atoms with Crippen molar-refractivity contribution >= 4 is 40.6 Å². The molecule has 0 fully saturated rings. The maximum absolute atomic E-state index is 12.5. The van der Waals surface area contributed by atoms with E-state index >= 15 is 0 Å². The zero-order valence-corrected chi connectivity index (χ0v) is 16.1. The molecule has 0 aliphatic carbocycles. The van der Waals surface area contributed by atoms with Crippen molar-refractivity contribution in [1.29, 1.82) is 0 Å². The molecule has 0 aromatic heterocycles. The number of methoxy groups -OCH3 is 1. The van der Waals surface area contributed by atoms with E-state index in [0.29, 0.717) is 17.1 Å². The molecule has 0 saturated heterocycles. The first-order valence-electron chi connectivity index (χ1n) is 8.87. The van der Waals surface area contributed by atoms with Gasteiger partial charge < -0.3 is 15.4 Å². The second-order valence-corrected chi connectivity index (χ2v) is 6.35. The lowest BCUT2D eigenvalue weighted by Crippen LogP contribution is -2.54. The summed E-state index contributed by atoms with van der Waals surface area (Å²) in [5.41, 5.74) is 5.54. The molecule has 3 amide bonds. The summed E-state index contributed by atoms with van der Waals surface area (Å²) in [5, 5.41) is 6.67. The van der Waals surface area contributed by atoms with Crippen molar-refractivity contribution in [2.24, 2.45) is 4.99 Å². The summed E-state index contributed by atoms with van der Waals surface area (Å²) >= 11 is 0. The van der Waals surface area contributed by atoms with Gasteiger partial charge >= 0.3 is 0 Å². The van der Waals surface area contributed by atoms with Crippen molar-refractivity contribution in [2.45, 2.75) is 6.92 Å². The molecule has 9 heteroatoms. The van der Waals surface area contributed by atoms with E-state index in [-0.39, 0.29) is 30.8 Å². The molecule has 2 aromatic carbocycles. The summed E-state index contributed by atoms with van der Waals surface area (Å²) in [4.78, 5) is 40.2. The van der Waals surface area contributed by atoms with Gasteiger partial charge in [-0.25, -0.2) is 5.01 Å². The number of nitrogens with zero attached hydrogens (tertiary/aromatic N) is 2. The molecular weight excluding hydrogens is 374 g/mol. The van der Waals surface area contributed by atoms with E-state index in [9.17, 15) is 14.4 Å². The molecule has 9 nitrogen and oxygen atoms in total. The highest BCUT2D eigenvalue weighted by Crippen LogP contribution is 2.16. The number of rotatable bonds is 6. The lowest BCUT2D eigenvalue weighted by Gasteiger charge is -2.27. The summed E-state index contributed by atoms with van der Waals surface area (Å²) in [7, 11) is 1.44. The molecule has 0 spiro atoms. The molecule has 1 heterocycles. The summed E-state index contributed by atoms with van der Waals surface area (Å²) in [6, 6.07) is 13.9. The van der Waals surface area contributed by atoms with Crippen LogP contribution in [0.4, 0.5) is 17.1 Å². The third kappa shape index (κ3) is 5.17. The molecule has 0 atom stereocenters. The van der Waals surface area contributed by atoms with Gasteiger partial charge in [0.05, 0.1) is 5.69 Å². The molecule has 0 radical (unpaired) electrons. The fourth-order valence-corrected chi connectivity index (χ4v) is 2.60. The Hall–Kier alpha value is -3.72. The molecule has 0 saturated carbocycles. The molecule has 150 valence electrons. The second-order valence-electron chi connectivity index (χ2n) is 6.35. The van der Waals surface area contributed by atoms with E-state index in [4.69, 9.17) is 4.74 Å². The smallest absolute Gasteiger partial charge is 0.292 e. The highest BCUT2D eigenvalue weighted by molar-refractivity contribution is 6.43. The first-order chi connectivity index (χ1) is 14.0. The molecule has 3 N–H and O–H groups in total. The van der Waals surface area contributed by atoms with Crippen molar-refractivity contribution in [2.75, 3.05) is 35.9 Å². The fourth-order valence-electron chi connectivity index (χ4n) is 2.60. The van der Waals surface area contributed by atoms with Gasteiger partial charge in [0.15, 0.2) is 0 Å². The number of hydrogen-bond acceptors (Lipinski definition) is 6. The van der Waals surface area contributed by atoms with Crippen LogP contribution in [0.1, 0.15) is 5.56 Å². The van der Waals surface area contributed by atoms with E-state index in [1.807, 2.05) is 19.1 Å². The fraction of sp³-hybridized carbons (Fsp3) is 0.200. The highest BCUT2D eigenvalue weighted by Gasteiger charge is 2.25. The van der Waals surface area contributed by atoms with Crippen molar-refractivity contribution in [1.82, 2.24) is 5.43 Å². The van der Waals surface area contributed by atoms with Crippen LogP contribution in [0.3, 0.4) is 0 Å². The normalized spacial score (nSPS) is 13.4. The molecule has 29 heavy (non-hydrogen) atoms. The van der Waals surface area contributed by atoms with Gasteiger partial charge in [-0.3, -0.25) is 24.8 Å². The molecule has 2 aromatic rings. The number of aliphatic imine (C=N–C) groups is 1. The minimum absolute atomic E-state index is 0.0302. The first kappa shape index (κ1) is 20.0. The number of hydrogen-bond donors (Lipinski definition) is 3. The lowest BCUT2D eigenvalue weighted by atomic mass is 10.2. The number of benzene rings is 2. The topological polar surface area (TPSA) is 112 Å². The Kier molecular flexibility index (Phi) is 6.20. The van der Waals surface area contributed by atoms with Gasteiger partial charge in [0.25, 0.3) is 11.8 Å². The second kappa shape index (κ2) is 8.98. The van der Waals surface area contributed by atoms with Gasteiger partial charge in [0.1, 0.15) is 13.2 Å². The van der Waals surface area contributed by atoms with Gasteiger partial charge in [0.2, 0.25) is 11.7 Å². The van der Waals surface area contributed by atoms with Crippen molar-refractivity contribution < 1.29 is 19.1 Å². The molecule has 3 rings (SSSR count). The van der Waals surface area contributed by atoms with Crippen LogP contribution in [0.5, 0.6) is 0 Å². The zero-order valence-electron chi connectivity index (χ0n) is 16.1. The third-order valence-corrected chi connectivity index (χ3v) is 4.05. The van der Waals surface area contributed by atoms with Crippen molar-refractivity contribution in [3.05, 3.63) is 54.1 Å². The number of aryl methyl sites for hydroxylation is 1. The van der Waals surface area contributed by atoms with E-state index in [2.05, 4.69) is 21.1 Å². The predicted molar refractivity (Wildman–Crippen MR) is 110 cm³/mol. The summed E-state index contributed by atoms with van der Waals surface area (Å²) < 4.78 is 4.76. The monoisotopic (exact) mass is 395 g/mol. The SMILES string of the molecule is COCC(=O)Nc1ccc(NC(=O)C2=NCC(=O)N(c3ccc(C)cc3)N2)cc1. The number of amidine groups is 1. The number of hydrazine groups is 1. The first-order valence-corrected chi connectivity index (χ1v) is 8.87. The molecule has 0 unspecified atom stereocenters. The maximum atomic E-state index is 12.5. The average molecular weight is 395 g/mol. The van der Waals surface area contributed by atoms with Crippen molar-refractivity contribution in [3.8, 4) is 0 Å². The summed E-state index contributed by atoms with van der Waals surface area (Å²) in [5.74, 6) is -0.985. The highest BCUT2D eigenvalue weighted by atomic mass is 16.5. The molecule has 1 aliphatic heterocycles. The van der Waals surface area contributed by atoms with E-state index in [1.165, 1.54) is 12.1 Å². The predicted octanol–water partition coefficient (Wildman–Crippen LogP) is 1.47. The number of amides is 3. The molecular formula is C20H21N5O4. The minimum atomic E-state index is -0.481. The summed E-state index contributed by atoms with van der Waals surface area (Å²) in [6.07, 6.45) is 0. The lowest BCUT2D eigenvalue weighted by molar-refractivity contribution is -0.120. The maximum Gasteiger partial charge on any atom is 0.292 e. The van der Waals surface area contributed by atoms with Gasteiger partial charge in [0, 0.05) is 18.5 Å². The van der Waals surface area contributed by atoms with E-state index in [0.717, 1.165) is 5.56 Å². The minimum Gasteiger partial charge on any atom is -0.375 e. The number of carbonyl (C=O) groups excluding carboxylic acids is 3. The van der Waals surface area contributed by atoms with Crippen LogP contribution in [0.15, 0.2) is 53.5 Å². The quantitative estimate of drug-likeness (QED) is 0.686. The number of ether oxygens (including phenoxy) is 1. The molecule has 0 bridgehead atoms. The number of nitrogens with one attached hydrogen (secondary N) is 3. The number of carbonyl (C=O) groups is 3. The zero-order chi connectivity index (χ0) is 20.8. The van der Waals surface area contributed by atoms with Crippen LogP contribution in [-0.2, 0) is 19.1 Å². The third-order valence-electron chi connectivity index (χ3n) is 4.05. The van der Waals surface area contributed by atoms with E-state index < -0.39 is 5.91 Å². The Morgan fingerprint density at radius 2 is 1.69 bits per heavy atom. The van der Waals surface area contributed by atoms with Crippen LogP contribution in [0.2, 0.25) is 0 Å². The Balaban J connectivity index is 1.63. The largest absolute Gasteiger partial charge is 0.375 e. The van der Waals surface area contributed by atoms with Crippen LogP contribution in [0, 0.1) is 6.92 Å². The van der Waals surface area contributed by atoms with Gasteiger partial charge in [-0.05, 0) is 43.3 Å². The Morgan fingerprint density at radius 1 is 1.07 bits per heavy atom. The Morgan fingerprint density at radius 3 is 2.31 bits per heavy atom. The summed E-state index contributed by atoms with van der Waals surface area (Å²) in [6.45, 7) is 1.78. The molecule has 1 aliphatic rings. The number of anilines is 3. The Bertz CT molecular complexity index is 938. The van der Waals surface area contributed by atoms with Crippen LogP contribution < -0.4 is 21.1 Å². The van der Waals surface area contributed by atoms with Crippen LogP contribution in [0.25, 0.3) is 0 Å². The van der Waals surface area contributed by atoms with Gasteiger partial charge in [-0.1, -0.05) is 17.7 Å². The average Bonchev–Trinajstić information content (AvgIpc) is 2.71. The standard InChI is InChI=1S/C20H21N5O4/c1-13-3-9-16(10-4-13)25-18(27)11-21-19(24-25)20(28)23-15-7-5-14(6-8-15)22-17(26)12-29-2/h3-10H,11-12H2,1-2H3,(H,21,24)(H,22,26)(H,23,28). The van der Waals surface area contributed by atoms with Gasteiger partial charge in [-0.2, -0.15) is 0 Å². The van der Waals surface area contributed by atoms with E-state index in [1.54, 1.807) is 36.4 Å². The van der Waals surface area contributed by atoms with Crippen LogP contribution >= 0.6 is 0 Å². The Labute approximate surface area is 167 Å². The van der Waals surface area contributed by atoms with Crippen molar-refractivity contribution in [3.63, 3.8) is 0 Å². The van der Waals surface area contributed by atoms with Crippen LogP contribution in [-0.4, -0.2) is 43.8 Å².